The zero-order valence-electron chi connectivity index (χ0n) is 21.2. The predicted octanol–water partition coefficient (Wildman–Crippen LogP) is 4.36. The van der Waals surface area contributed by atoms with Crippen LogP contribution >= 0.6 is 11.3 Å². The number of ether oxygens (including phenoxy) is 1. The molecule has 0 aromatic carbocycles. The van der Waals surface area contributed by atoms with E-state index in [0.29, 0.717) is 27.2 Å². The first kappa shape index (κ1) is 25.1. The summed E-state index contributed by atoms with van der Waals surface area (Å²) in [6.07, 6.45) is 6.48. The lowest BCUT2D eigenvalue weighted by Crippen LogP contribution is -2.36. The first-order valence-corrected chi connectivity index (χ1v) is 13.0. The highest BCUT2D eigenvalue weighted by Gasteiger charge is 2.29. The van der Waals surface area contributed by atoms with Gasteiger partial charge in [0.2, 0.25) is 5.91 Å². The molecule has 1 aliphatic rings. The number of fused-ring (bicyclic) bond motifs is 2. The summed E-state index contributed by atoms with van der Waals surface area (Å²) >= 11 is 1.43. The van der Waals surface area contributed by atoms with Crippen molar-refractivity contribution >= 4 is 39.1 Å². The van der Waals surface area contributed by atoms with Gasteiger partial charge in [0.15, 0.2) is 0 Å². The highest BCUT2D eigenvalue weighted by atomic mass is 32.1. The van der Waals surface area contributed by atoms with E-state index in [2.05, 4.69) is 15.5 Å². The van der Waals surface area contributed by atoms with Crippen molar-refractivity contribution in [2.24, 2.45) is 0 Å². The van der Waals surface area contributed by atoms with Crippen LogP contribution in [0.15, 0.2) is 11.0 Å². The Morgan fingerprint density at radius 2 is 1.94 bits per heavy atom. The Hall–Kier alpha value is -3.01. The van der Waals surface area contributed by atoms with Gasteiger partial charge in [0, 0.05) is 10.3 Å². The number of aromatic nitrogens is 4. The molecule has 0 fully saturated rings. The maximum atomic E-state index is 13.5. The maximum Gasteiger partial charge on any atom is 0.341 e. The van der Waals surface area contributed by atoms with E-state index < -0.39 is 23.5 Å². The molecule has 0 bridgehead atoms. The number of rotatable bonds is 5. The van der Waals surface area contributed by atoms with Crippen LogP contribution in [0.1, 0.15) is 86.4 Å². The van der Waals surface area contributed by atoms with Gasteiger partial charge in [-0.3, -0.25) is 14.3 Å². The number of aryl methyl sites for hydroxylation is 2. The van der Waals surface area contributed by atoms with E-state index in [0.717, 1.165) is 42.5 Å². The van der Waals surface area contributed by atoms with Crippen molar-refractivity contribution in [1.29, 1.82) is 0 Å². The quantitative estimate of drug-likeness (QED) is 0.413. The number of anilines is 1. The van der Waals surface area contributed by atoms with Crippen molar-refractivity contribution in [3.63, 3.8) is 0 Å². The van der Waals surface area contributed by atoms with Gasteiger partial charge in [-0.1, -0.05) is 6.42 Å². The van der Waals surface area contributed by atoms with Gasteiger partial charge in [0.1, 0.15) is 16.6 Å². The maximum absolute atomic E-state index is 13.5. The molecule has 1 atom stereocenters. The molecule has 3 heterocycles. The number of carbonyl (C=O) groups is 2. The minimum Gasteiger partial charge on any atom is -0.462 e. The second-order valence-corrected chi connectivity index (χ2v) is 11.1. The van der Waals surface area contributed by atoms with Crippen LogP contribution in [0.4, 0.5) is 5.00 Å². The highest BCUT2D eigenvalue weighted by molar-refractivity contribution is 7.17. The summed E-state index contributed by atoms with van der Waals surface area (Å²) in [6.45, 7) is 11.4. The third kappa shape index (κ3) is 4.63. The molecular weight excluding hydrogens is 466 g/mol. The van der Waals surface area contributed by atoms with E-state index in [1.807, 2.05) is 20.8 Å². The van der Waals surface area contributed by atoms with E-state index in [1.165, 1.54) is 16.0 Å². The molecule has 3 aromatic rings. The Bertz CT molecular complexity index is 1340. The molecule has 4 rings (SSSR count). The van der Waals surface area contributed by atoms with Gasteiger partial charge < -0.3 is 10.1 Å². The highest BCUT2D eigenvalue weighted by Crippen LogP contribution is 2.38. The fraction of sp³-hybridized carbons (Fsp3) is 0.560. The fourth-order valence-electron chi connectivity index (χ4n) is 4.54. The number of thiophene rings is 1. The van der Waals surface area contributed by atoms with Gasteiger partial charge in [0.05, 0.1) is 29.6 Å². The van der Waals surface area contributed by atoms with Crippen LogP contribution in [0, 0.1) is 6.92 Å². The van der Waals surface area contributed by atoms with Crippen molar-refractivity contribution in [2.45, 2.75) is 85.2 Å². The van der Waals surface area contributed by atoms with E-state index in [-0.39, 0.29) is 12.2 Å². The third-order valence-corrected chi connectivity index (χ3v) is 7.55. The lowest BCUT2D eigenvalue weighted by atomic mass is 10.1. The van der Waals surface area contributed by atoms with E-state index in [1.54, 1.807) is 31.6 Å². The molecule has 0 radical (unpaired) electrons. The van der Waals surface area contributed by atoms with Crippen molar-refractivity contribution in [3.05, 3.63) is 38.2 Å². The average Bonchev–Trinajstić information content (AvgIpc) is 3.32. The monoisotopic (exact) mass is 499 g/mol. The lowest BCUT2D eigenvalue weighted by molar-refractivity contribution is -0.119. The van der Waals surface area contributed by atoms with Crippen LogP contribution < -0.4 is 10.9 Å². The Balaban J connectivity index is 1.72. The van der Waals surface area contributed by atoms with Gasteiger partial charge in [-0.05, 0) is 72.8 Å². The average molecular weight is 500 g/mol. The molecule has 1 amide bonds. The topological polar surface area (TPSA) is 108 Å². The Kier molecular flexibility index (Phi) is 6.86. The molecule has 0 aliphatic heterocycles. The second-order valence-electron chi connectivity index (χ2n) is 9.98. The van der Waals surface area contributed by atoms with Crippen LogP contribution in [0.2, 0.25) is 0 Å². The zero-order chi connectivity index (χ0) is 25.5. The van der Waals surface area contributed by atoms with Crippen LogP contribution in [-0.4, -0.2) is 38.0 Å². The van der Waals surface area contributed by atoms with Crippen molar-refractivity contribution < 1.29 is 14.3 Å². The standard InChI is InChI=1S/C25H33N5O4S/c1-7-34-24(33)19-16-11-9-8-10-12-18(16)35-22(19)27-21(31)15(3)29-23(32)20-17(14(2)28-29)13-26-30(20)25(4,5)6/h13,15H,7-12H2,1-6H3,(H,27,31). The molecular formula is C25H33N5O4S. The SMILES string of the molecule is CCOC(=O)c1c(NC(=O)C(C)n2nc(C)c3cnn(C(C)(C)C)c3c2=O)sc2c1CCCCC2. The summed E-state index contributed by atoms with van der Waals surface area (Å²) in [5.41, 5.74) is 1.67. The third-order valence-electron chi connectivity index (χ3n) is 6.35. The number of hydrogen-bond donors (Lipinski definition) is 1. The number of nitrogens with zero attached hydrogens (tertiary/aromatic N) is 4. The van der Waals surface area contributed by atoms with Crippen molar-refractivity contribution in [3.8, 4) is 0 Å². The fourth-order valence-corrected chi connectivity index (χ4v) is 5.82. The number of esters is 1. The molecule has 10 heteroatoms. The van der Waals surface area contributed by atoms with Gasteiger partial charge in [0.25, 0.3) is 5.56 Å². The molecule has 0 saturated carbocycles. The Labute approximate surface area is 208 Å². The first-order chi connectivity index (χ1) is 16.5. The van der Waals surface area contributed by atoms with E-state index in [9.17, 15) is 14.4 Å². The molecule has 35 heavy (non-hydrogen) atoms. The summed E-state index contributed by atoms with van der Waals surface area (Å²) in [5, 5.41) is 12.9. The Morgan fingerprint density at radius 3 is 2.63 bits per heavy atom. The number of amides is 1. The molecule has 1 unspecified atom stereocenters. The smallest absolute Gasteiger partial charge is 0.341 e. The zero-order valence-corrected chi connectivity index (χ0v) is 22.0. The summed E-state index contributed by atoms with van der Waals surface area (Å²) in [5.74, 6) is -0.835. The lowest BCUT2D eigenvalue weighted by Gasteiger charge is -2.21. The van der Waals surface area contributed by atoms with Crippen LogP contribution in [-0.2, 0) is 27.9 Å². The largest absolute Gasteiger partial charge is 0.462 e. The van der Waals surface area contributed by atoms with Gasteiger partial charge in [-0.15, -0.1) is 11.3 Å². The van der Waals surface area contributed by atoms with Crippen LogP contribution in [0.25, 0.3) is 10.9 Å². The van der Waals surface area contributed by atoms with E-state index in [4.69, 9.17) is 4.74 Å². The molecule has 1 aliphatic carbocycles. The molecule has 188 valence electrons. The van der Waals surface area contributed by atoms with Gasteiger partial charge in [-0.2, -0.15) is 10.2 Å². The van der Waals surface area contributed by atoms with Gasteiger partial charge >= 0.3 is 5.97 Å². The predicted molar refractivity (Wildman–Crippen MR) is 136 cm³/mol. The van der Waals surface area contributed by atoms with Crippen molar-refractivity contribution in [2.75, 3.05) is 11.9 Å². The minimum absolute atomic E-state index is 0.257. The molecule has 0 saturated heterocycles. The second kappa shape index (κ2) is 9.56. The number of hydrogen-bond acceptors (Lipinski definition) is 7. The summed E-state index contributed by atoms with van der Waals surface area (Å²) in [4.78, 5) is 40.8. The molecule has 9 nitrogen and oxygen atoms in total. The van der Waals surface area contributed by atoms with E-state index >= 15 is 0 Å². The van der Waals surface area contributed by atoms with Gasteiger partial charge in [-0.25, -0.2) is 9.48 Å². The normalized spacial score (nSPS) is 14.9. The minimum atomic E-state index is -0.897. The first-order valence-electron chi connectivity index (χ1n) is 12.1. The van der Waals surface area contributed by atoms with Crippen LogP contribution in [0.5, 0.6) is 0 Å². The summed E-state index contributed by atoms with van der Waals surface area (Å²) in [7, 11) is 0. The molecule has 1 N–H and O–H groups in total. The van der Waals surface area contributed by atoms with Crippen molar-refractivity contribution in [1.82, 2.24) is 19.6 Å². The number of nitrogens with one attached hydrogen (secondary N) is 1. The summed E-state index contributed by atoms with van der Waals surface area (Å²) < 4.78 is 8.20. The Morgan fingerprint density at radius 1 is 1.23 bits per heavy atom. The number of carbonyl (C=O) groups excluding carboxylic acids is 2. The van der Waals surface area contributed by atoms with Crippen LogP contribution in [0.3, 0.4) is 0 Å². The summed E-state index contributed by atoms with van der Waals surface area (Å²) in [6, 6.07) is -0.897. The molecule has 0 spiro atoms. The molecule has 3 aromatic heterocycles.